The Hall–Kier alpha value is -2.80. The first-order chi connectivity index (χ1) is 11.6. The number of nitrogens with zero attached hydrogens (tertiary/aromatic N) is 5. The number of thiophene rings is 1. The summed E-state index contributed by atoms with van der Waals surface area (Å²) in [5.41, 5.74) is 9.77. The molecule has 0 fully saturated rings. The Morgan fingerprint density at radius 3 is 2.83 bits per heavy atom. The standard InChI is InChI=1S/C17H16N6S/c1-10-5-7-19-17-13(10)14(11-6-8-23(2)22-11)20-15(16(18)21-17)12-4-3-9-24-12/h3-9,15H,1-2H3,(H2,18,19,21). The highest BCUT2D eigenvalue weighted by Crippen LogP contribution is 2.32. The Morgan fingerprint density at radius 1 is 1.25 bits per heavy atom. The third-order valence-corrected chi connectivity index (χ3v) is 4.84. The average molecular weight is 336 g/mol. The molecule has 7 heteroatoms. The van der Waals surface area contributed by atoms with Gasteiger partial charge in [0.1, 0.15) is 17.6 Å². The van der Waals surface area contributed by atoms with Gasteiger partial charge in [-0.1, -0.05) is 6.07 Å². The number of hydrogen-bond donors (Lipinski definition) is 1. The lowest BCUT2D eigenvalue weighted by molar-refractivity contribution is 0.764. The Morgan fingerprint density at radius 2 is 2.12 bits per heavy atom. The van der Waals surface area contributed by atoms with E-state index in [4.69, 9.17) is 10.7 Å². The zero-order valence-electron chi connectivity index (χ0n) is 13.3. The highest BCUT2D eigenvalue weighted by molar-refractivity contribution is 7.10. The second-order valence-corrected chi connectivity index (χ2v) is 6.61. The molecule has 0 aliphatic carbocycles. The van der Waals surface area contributed by atoms with Crippen molar-refractivity contribution in [2.75, 3.05) is 0 Å². The first-order valence-corrected chi connectivity index (χ1v) is 8.42. The number of amidine groups is 1. The predicted molar refractivity (Wildman–Crippen MR) is 96.2 cm³/mol. The van der Waals surface area contributed by atoms with E-state index in [2.05, 4.69) is 15.1 Å². The molecule has 1 atom stereocenters. The Kier molecular flexibility index (Phi) is 3.50. The minimum Gasteiger partial charge on any atom is -0.385 e. The quantitative estimate of drug-likeness (QED) is 0.781. The molecule has 0 saturated heterocycles. The van der Waals surface area contributed by atoms with Gasteiger partial charge in [-0.15, -0.1) is 11.3 Å². The van der Waals surface area contributed by atoms with Crippen LogP contribution >= 0.6 is 11.3 Å². The Labute approximate surface area is 143 Å². The number of fused-ring (bicyclic) bond motifs is 1. The van der Waals surface area contributed by atoms with E-state index in [1.165, 1.54) is 0 Å². The second kappa shape index (κ2) is 5.68. The van der Waals surface area contributed by atoms with E-state index in [9.17, 15) is 0 Å². The van der Waals surface area contributed by atoms with Crippen LogP contribution in [0.15, 0.2) is 52.0 Å². The van der Waals surface area contributed by atoms with Crippen molar-refractivity contribution in [2.45, 2.75) is 13.0 Å². The summed E-state index contributed by atoms with van der Waals surface area (Å²) in [5.74, 6) is 1.04. The molecule has 0 bridgehead atoms. The van der Waals surface area contributed by atoms with Crippen molar-refractivity contribution in [1.82, 2.24) is 14.8 Å². The average Bonchev–Trinajstić information content (AvgIpc) is 3.19. The number of aliphatic imine (C=N–C) groups is 2. The number of aryl methyl sites for hydroxylation is 2. The monoisotopic (exact) mass is 336 g/mol. The van der Waals surface area contributed by atoms with E-state index < -0.39 is 0 Å². The van der Waals surface area contributed by atoms with Crippen LogP contribution in [0.2, 0.25) is 0 Å². The van der Waals surface area contributed by atoms with E-state index >= 15 is 0 Å². The van der Waals surface area contributed by atoms with Crippen LogP contribution in [0.5, 0.6) is 0 Å². The topological polar surface area (TPSA) is 81.5 Å². The van der Waals surface area contributed by atoms with Crippen LogP contribution in [-0.2, 0) is 7.05 Å². The molecular weight excluding hydrogens is 320 g/mol. The maximum atomic E-state index is 6.26. The molecule has 24 heavy (non-hydrogen) atoms. The normalized spacial score (nSPS) is 17.0. The summed E-state index contributed by atoms with van der Waals surface area (Å²) in [6.45, 7) is 2.02. The van der Waals surface area contributed by atoms with Gasteiger partial charge < -0.3 is 5.73 Å². The van der Waals surface area contributed by atoms with Crippen LogP contribution in [-0.4, -0.2) is 26.3 Å². The van der Waals surface area contributed by atoms with Crippen molar-refractivity contribution in [3.05, 3.63) is 63.7 Å². The van der Waals surface area contributed by atoms with Crippen LogP contribution in [0.4, 0.5) is 5.82 Å². The fourth-order valence-electron chi connectivity index (χ4n) is 2.76. The van der Waals surface area contributed by atoms with Crippen LogP contribution in [0, 0.1) is 6.92 Å². The van der Waals surface area contributed by atoms with Crippen molar-refractivity contribution >= 4 is 28.7 Å². The van der Waals surface area contributed by atoms with Gasteiger partial charge in [-0.3, -0.25) is 9.67 Å². The maximum Gasteiger partial charge on any atom is 0.163 e. The summed E-state index contributed by atoms with van der Waals surface area (Å²) in [6, 6.07) is 7.59. The van der Waals surface area contributed by atoms with Gasteiger partial charge in [-0.2, -0.15) is 5.10 Å². The van der Waals surface area contributed by atoms with E-state index in [0.29, 0.717) is 11.7 Å². The first kappa shape index (κ1) is 14.8. The van der Waals surface area contributed by atoms with E-state index in [0.717, 1.165) is 27.4 Å². The van der Waals surface area contributed by atoms with E-state index in [1.807, 2.05) is 49.8 Å². The van der Waals surface area contributed by atoms with Crippen molar-refractivity contribution in [2.24, 2.45) is 22.8 Å². The van der Waals surface area contributed by atoms with Gasteiger partial charge in [-0.25, -0.2) is 9.98 Å². The minimum absolute atomic E-state index is 0.324. The summed E-state index contributed by atoms with van der Waals surface area (Å²) >= 11 is 1.61. The fraction of sp³-hybridized carbons (Fsp3) is 0.176. The van der Waals surface area contributed by atoms with E-state index in [-0.39, 0.29) is 6.04 Å². The van der Waals surface area contributed by atoms with Crippen LogP contribution in [0.1, 0.15) is 27.7 Å². The first-order valence-electron chi connectivity index (χ1n) is 7.55. The van der Waals surface area contributed by atoms with Gasteiger partial charge in [-0.05, 0) is 36.1 Å². The summed E-state index contributed by atoms with van der Waals surface area (Å²) < 4.78 is 1.76. The third kappa shape index (κ3) is 2.43. The van der Waals surface area contributed by atoms with Crippen molar-refractivity contribution in [1.29, 1.82) is 0 Å². The van der Waals surface area contributed by atoms with Crippen molar-refractivity contribution in [3.8, 4) is 0 Å². The number of nitrogens with two attached hydrogens (primary N) is 1. The predicted octanol–water partition coefficient (Wildman–Crippen LogP) is 2.77. The van der Waals surface area contributed by atoms with Crippen LogP contribution in [0.25, 0.3) is 0 Å². The molecule has 0 radical (unpaired) electrons. The highest BCUT2D eigenvalue weighted by atomic mass is 32.1. The molecule has 4 heterocycles. The number of aromatic nitrogens is 3. The molecule has 1 aliphatic heterocycles. The summed E-state index contributed by atoms with van der Waals surface area (Å²) in [7, 11) is 1.89. The largest absolute Gasteiger partial charge is 0.385 e. The maximum absolute atomic E-state index is 6.26. The molecule has 1 aliphatic rings. The van der Waals surface area contributed by atoms with Crippen LogP contribution < -0.4 is 5.73 Å². The highest BCUT2D eigenvalue weighted by Gasteiger charge is 2.26. The Balaban J connectivity index is 1.99. The van der Waals surface area contributed by atoms with Crippen molar-refractivity contribution < 1.29 is 0 Å². The summed E-state index contributed by atoms with van der Waals surface area (Å²) in [6.07, 6.45) is 3.64. The van der Waals surface area contributed by atoms with Gasteiger partial charge in [0.2, 0.25) is 0 Å². The van der Waals surface area contributed by atoms with Crippen LogP contribution in [0.3, 0.4) is 0 Å². The molecule has 0 aromatic carbocycles. The van der Waals surface area contributed by atoms with E-state index in [1.54, 1.807) is 22.2 Å². The van der Waals surface area contributed by atoms with Crippen molar-refractivity contribution in [3.63, 3.8) is 0 Å². The van der Waals surface area contributed by atoms with Gasteiger partial charge in [0, 0.05) is 29.9 Å². The summed E-state index contributed by atoms with van der Waals surface area (Å²) in [5, 5.41) is 6.54. The van der Waals surface area contributed by atoms with Gasteiger partial charge in [0.15, 0.2) is 5.82 Å². The number of pyridine rings is 1. The second-order valence-electron chi connectivity index (χ2n) is 5.63. The lowest BCUT2D eigenvalue weighted by atomic mass is 10.0. The molecule has 0 spiro atoms. The van der Waals surface area contributed by atoms with Gasteiger partial charge >= 0.3 is 0 Å². The zero-order chi connectivity index (χ0) is 16.7. The molecular formula is C17H16N6S. The molecule has 6 nitrogen and oxygen atoms in total. The van der Waals surface area contributed by atoms with Gasteiger partial charge in [0.05, 0.1) is 5.71 Å². The molecule has 0 saturated carbocycles. The lowest BCUT2D eigenvalue weighted by Crippen LogP contribution is -2.20. The fourth-order valence-corrected chi connectivity index (χ4v) is 3.53. The molecule has 1 unspecified atom stereocenters. The molecule has 3 aromatic rings. The number of hydrogen-bond acceptors (Lipinski definition) is 6. The minimum atomic E-state index is -0.324. The van der Waals surface area contributed by atoms with Gasteiger partial charge in [0.25, 0.3) is 0 Å². The SMILES string of the molecule is Cc1ccnc2c1C(c1ccn(C)n1)=NC(c1cccs1)C(N)=N2. The third-order valence-electron chi connectivity index (χ3n) is 3.92. The molecule has 0 amide bonds. The molecule has 4 rings (SSSR count). The molecule has 120 valence electrons. The Bertz CT molecular complexity index is 951. The summed E-state index contributed by atoms with van der Waals surface area (Å²) in [4.78, 5) is 15.0. The molecule has 2 N–H and O–H groups in total. The lowest BCUT2D eigenvalue weighted by Gasteiger charge is -2.10. The smallest absolute Gasteiger partial charge is 0.163 e. The number of rotatable bonds is 2. The zero-order valence-corrected chi connectivity index (χ0v) is 14.2. The molecule has 3 aromatic heterocycles.